The average Bonchev–Trinajstić information content (AvgIpc) is 2.62. The number of halogens is 4. The Labute approximate surface area is 165 Å². The zero-order valence-corrected chi connectivity index (χ0v) is 16.8. The molecule has 0 aromatic heterocycles. The molecule has 152 valence electrons. The molecule has 0 aliphatic carbocycles. The summed E-state index contributed by atoms with van der Waals surface area (Å²) in [5, 5.41) is 0. The van der Waals surface area contributed by atoms with Crippen LogP contribution in [0.4, 0.5) is 13.2 Å². The zero-order valence-electron chi connectivity index (χ0n) is 15.2. The summed E-state index contributed by atoms with van der Waals surface area (Å²) in [6.07, 6.45) is -4.32. The highest BCUT2D eigenvalue weighted by Gasteiger charge is 2.28. The molecule has 0 radical (unpaired) electrons. The van der Waals surface area contributed by atoms with Crippen molar-refractivity contribution in [1.29, 1.82) is 0 Å². The number of alkyl halides is 3. The number of benzene rings is 1. The van der Waals surface area contributed by atoms with Crippen LogP contribution in [0.1, 0.15) is 13.3 Å². The summed E-state index contributed by atoms with van der Waals surface area (Å²) in [5.74, 6) is 0.572. The van der Waals surface area contributed by atoms with Crippen LogP contribution in [0.5, 0.6) is 5.75 Å². The molecule has 5 nitrogen and oxygen atoms in total. The van der Waals surface area contributed by atoms with Gasteiger partial charge < -0.3 is 14.4 Å². The van der Waals surface area contributed by atoms with E-state index in [1.807, 2.05) is 12.1 Å². The van der Waals surface area contributed by atoms with E-state index in [1.54, 1.807) is 24.0 Å². The average molecular weight is 453 g/mol. The lowest BCUT2D eigenvalue weighted by Crippen LogP contribution is -2.52. The maximum Gasteiger partial charge on any atom is 0.411 e. The second-order valence-electron chi connectivity index (χ2n) is 6.40. The monoisotopic (exact) mass is 452 g/mol. The molecule has 1 amide bonds. The number of amides is 1. The molecular formula is C18H24BrF3N2O3. The van der Waals surface area contributed by atoms with Crippen LogP contribution in [0.15, 0.2) is 28.7 Å². The SMILES string of the molecule is CC(Oc1ccc(Br)cc1)C(=O)N1CCN(CCCOCC(F)(F)F)CC1. The van der Waals surface area contributed by atoms with Crippen molar-refractivity contribution in [2.24, 2.45) is 0 Å². The molecule has 1 heterocycles. The lowest BCUT2D eigenvalue weighted by Gasteiger charge is -2.35. The molecule has 0 bridgehead atoms. The number of rotatable bonds is 8. The van der Waals surface area contributed by atoms with Gasteiger partial charge in [0.25, 0.3) is 5.91 Å². The van der Waals surface area contributed by atoms with Gasteiger partial charge in [-0.1, -0.05) is 15.9 Å². The van der Waals surface area contributed by atoms with Crippen LogP contribution in [0.25, 0.3) is 0 Å². The quantitative estimate of drug-likeness (QED) is 0.567. The summed E-state index contributed by atoms with van der Waals surface area (Å²) in [6, 6.07) is 7.30. The fourth-order valence-corrected chi connectivity index (χ4v) is 3.06. The van der Waals surface area contributed by atoms with Crippen LogP contribution < -0.4 is 4.74 Å². The molecule has 1 aliphatic heterocycles. The van der Waals surface area contributed by atoms with E-state index in [4.69, 9.17) is 4.74 Å². The molecule has 1 unspecified atom stereocenters. The third-order valence-electron chi connectivity index (χ3n) is 4.19. The molecule has 0 saturated carbocycles. The highest BCUT2D eigenvalue weighted by molar-refractivity contribution is 9.10. The van der Waals surface area contributed by atoms with Gasteiger partial charge in [-0.05, 0) is 37.6 Å². The van der Waals surface area contributed by atoms with Crippen molar-refractivity contribution in [3.8, 4) is 5.75 Å². The predicted molar refractivity (Wildman–Crippen MR) is 98.7 cm³/mol. The van der Waals surface area contributed by atoms with Crippen LogP contribution in [0, 0.1) is 0 Å². The van der Waals surface area contributed by atoms with Gasteiger partial charge in [0.1, 0.15) is 12.4 Å². The molecule has 27 heavy (non-hydrogen) atoms. The second-order valence-corrected chi connectivity index (χ2v) is 7.32. The van der Waals surface area contributed by atoms with E-state index in [0.717, 1.165) is 4.47 Å². The van der Waals surface area contributed by atoms with Gasteiger partial charge in [0.2, 0.25) is 0 Å². The highest BCUT2D eigenvalue weighted by Crippen LogP contribution is 2.18. The smallest absolute Gasteiger partial charge is 0.411 e. The van der Waals surface area contributed by atoms with Gasteiger partial charge in [0, 0.05) is 43.8 Å². The first-order chi connectivity index (χ1) is 12.7. The largest absolute Gasteiger partial charge is 0.481 e. The Morgan fingerprint density at radius 1 is 1.19 bits per heavy atom. The minimum atomic E-state index is -4.28. The Bertz CT molecular complexity index is 591. The number of ether oxygens (including phenoxy) is 2. The van der Waals surface area contributed by atoms with Gasteiger partial charge in [0.05, 0.1) is 0 Å². The maximum absolute atomic E-state index is 12.5. The molecule has 2 rings (SSSR count). The number of carbonyl (C=O) groups excluding carboxylic acids is 1. The lowest BCUT2D eigenvalue weighted by molar-refractivity contribution is -0.174. The highest BCUT2D eigenvalue weighted by atomic mass is 79.9. The van der Waals surface area contributed by atoms with Crippen molar-refractivity contribution in [3.05, 3.63) is 28.7 Å². The van der Waals surface area contributed by atoms with E-state index in [1.165, 1.54) is 0 Å². The first kappa shape index (κ1) is 22.0. The Morgan fingerprint density at radius 3 is 2.41 bits per heavy atom. The van der Waals surface area contributed by atoms with Crippen molar-refractivity contribution >= 4 is 21.8 Å². The Hall–Kier alpha value is -1.32. The Morgan fingerprint density at radius 2 is 1.81 bits per heavy atom. The summed E-state index contributed by atoms with van der Waals surface area (Å²) in [6.45, 7) is 3.81. The first-order valence-corrected chi connectivity index (χ1v) is 9.62. The van der Waals surface area contributed by atoms with Gasteiger partial charge in [-0.15, -0.1) is 0 Å². The van der Waals surface area contributed by atoms with E-state index in [9.17, 15) is 18.0 Å². The Kier molecular flexibility index (Phi) is 8.37. The van der Waals surface area contributed by atoms with Crippen LogP contribution in [0.3, 0.4) is 0 Å². The molecule has 9 heteroatoms. The van der Waals surface area contributed by atoms with Crippen molar-refractivity contribution in [2.45, 2.75) is 25.6 Å². The minimum Gasteiger partial charge on any atom is -0.481 e. The van der Waals surface area contributed by atoms with Gasteiger partial charge in [0.15, 0.2) is 6.10 Å². The first-order valence-electron chi connectivity index (χ1n) is 8.82. The molecule has 1 aliphatic rings. The van der Waals surface area contributed by atoms with Crippen LogP contribution >= 0.6 is 15.9 Å². The molecule has 0 N–H and O–H groups in total. The summed E-state index contributed by atoms with van der Waals surface area (Å²) in [7, 11) is 0. The minimum absolute atomic E-state index is 0.0638. The third kappa shape index (κ3) is 8.06. The topological polar surface area (TPSA) is 42.0 Å². The van der Waals surface area contributed by atoms with Crippen LogP contribution in [-0.4, -0.2) is 73.9 Å². The van der Waals surface area contributed by atoms with Crippen molar-refractivity contribution in [2.75, 3.05) is 45.9 Å². The van der Waals surface area contributed by atoms with Crippen LogP contribution in [-0.2, 0) is 9.53 Å². The summed E-state index contributed by atoms with van der Waals surface area (Å²) >= 11 is 3.35. The van der Waals surface area contributed by atoms with Crippen molar-refractivity contribution in [1.82, 2.24) is 9.80 Å². The van der Waals surface area contributed by atoms with Gasteiger partial charge in [-0.25, -0.2) is 0 Å². The van der Waals surface area contributed by atoms with E-state index in [-0.39, 0.29) is 12.5 Å². The summed E-state index contributed by atoms with van der Waals surface area (Å²) in [5.41, 5.74) is 0. The van der Waals surface area contributed by atoms with Gasteiger partial charge >= 0.3 is 6.18 Å². The number of hydrogen-bond donors (Lipinski definition) is 0. The molecule has 1 aromatic carbocycles. The molecule has 1 saturated heterocycles. The molecule has 1 aromatic rings. The number of nitrogens with zero attached hydrogens (tertiary/aromatic N) is 2. The van der Waals surface area contributed by atoms with Gasteiger partial charge in [-0.2, -0.15) is 13.2 Å². The normalized spacial score (nSPS) is 17.0. The van der Waals surface area contributed by atoms with E-state index >= 15 is 0 Å². The zero-order chi connectivity index (χ0) is 19.9. The van der Waals surface area contributed by atoms with Crippen molar-refractivity contribution in [3.63, 3.8) is 0 Å². The second kappa shape index (κ2) is 10.3. The summed E-state index contributed by atoms with van der Waals surface area (Å²) < 4.78 is 47.2. The van der Waals surface area contributed by atoms with Gasteiger partial charge in [-0.3, -0.25) is 9.69 Å². The lowest BCUT2D eigenvalue weighted by atomic mass is 10.2. The number of carbonyl (C=O) groups is 1. The number of piperazine rings is 1. The van der Waals surface area contributed by atoms with E-state index in [0.29, 0.717) is 44.9 Å². The fourth-order valence-electron chi connectivity index (χ4n) is 2.79. The standard InChI is InChI=1S/C18H24BrF3N2O3/c1-14(27-16-5-3-15(19)4-6-16)17(25)24-10-8-23(9-11-24)7-2-12-26-13-18(20,21)22/h3-6,14H,2,7-13H2,1H3. The Balaban J connectivity index is 1.65. The number of hydrogen-bond acceptors (Lipinski definition) is 4. The van der Waals surface area contributed by atoms with Crippen molar-refractivity contribution < 1.29 is 27.4 Å². The van der Waals surface area contributed by atoms with Crippen LogP contribution in [0.2, 0.25) is 0 Å². The molecular weight excluding hydrogens is 429 g/mol. The van der Waals surface area contributed by atoms with E-state index in [2.05, 4.69) is 25.6 Å². The maximum atomic E-state index is 12.5. The predicted octanol–water partition coefficient (Wildman–Crippen LogP) is 3.33. The van der Waals surface area contributed by atoms with E-state index < -0.39 is 18.9 Å². The molecule has 1 fully saturated rings. The molecule has 1 atom stereocenters. The molecule has 0 spiro atoms. The summed E-state index contributed by atoms with van der Waals surface area (Å²) in [4.78, 5) is 16.4. The fraction of sp³-hybridized carbons (Fsp3) is 0.611. The third-order valence-corrected chi connectivity index (χ3v) is 4.72.